The highest BCUT2D eigenvalue weighted by Crippen LogP contribution is 2.37. The van der Waals surface area contributed by atoms with Gasteiger partial charge in [0, 0.05) is 12.1 Å². The fraction of sp³-hybridized carbons (Fsp3) is 0. The lowest BCUT2D eigenvalue weighted by Gasteiger charge is -2.15. The number of phenols is 1. The molecule has 6 nitrogen and oxygen atoms in total. The van der Waals surface area contributed by atoms with E-state index < -0.39 is 11.7 Å². The molecule has 8 heteroatoms. The SMILES string of the molecule is O=C(O)c1ccc(N2C(=O)/C(=C/c3ccco3)SC2=S)cc1O. The Kier molecular flexibility index (Phi) is 3.93. The topological polar surface area (TPSA) is 91.0 Å². The van der Waals surface area contributed by atoms with E-state index in [9.17, 15) is 14.7 Å². The Morgan fingerprint density at radius 1 is 1.35 bits per heavy atom. The van der Waals surface area contributed by atoms with Crippen molar-refractivity contribution in [1.82, 2.24) is 0 Å². The summed E-state index contributed by atoms with van der Waals surface area (Å²) in [4.78, 5) is 25.0. The molecular weight excluding hydrogens is 338 g/mol. The fourth-order valence-electron chi connectivity index (χ4n) is 2.03. The van der Waals surface area contributed by atoms with Crippen LogP contribution in [0.5, 0.6) is 5.75 Å². The van der Waals surface area contributed by atoms with Crippen LogP contribution in [0.15, 0.2) is 45.9 Å². The maximum absolute atomic E-state index is 12.5. The summed E-state index contributed by atoms with van der Waals surface area (Å²) < 4.78 is 5.46. The molecule has 0 radical (unpaired) electrons. The van der Waals surface area contributed by atoms with Crippen LogP contribution in [0.1, 0.15) is 16.1 Å². The van der Waals surface area contributed by atoms with Crippen molar-refractivity contribution in [2.45, 2.75) is 0 Å². The normalized spacial score (nSPS) is 16.3. The van der Waals surface area contributed by atoms with E-state index in [0.717, 1.165) is 11.8 Å². The third-order valence-electron chi connectivity index (χ3n) is 3.08. The van der Waals surface area contributed by atoms with Crippen molar-refractivity contribution in [2.75, 3.05) is 4.90 Å². The van der Waals surface area contributed by atoms with Crippen LogP contribution < -0.4 is 4.90 Å². The largest absolute Gasteiger partial charge is 0.507 e. The number of carbonyl (C=O) groups excluding carboxylic acids is 1. The highest BCUT2D eigenvalue weighted by atomic mass is 32.2. The van der Waals surface area contributed by atoms with Crippen molar-refractivity contribution in [3.63, 3.8) is 0 Å². The van der Waals surface area contributed by atoms with Gasteiger partial charge in [-0.3, -0.25) is 9.69 Å². The Bertz CT molecular complexity index is 842. The maximum Gasteiger partial charge on any atom is 0.339 e. The average molecular weight is 347 g/mol. The first kappa shape index (κ1) is 15.3. The Balaban J connectivity index is 1.95. The van der Waals surface area contributed by atoms with Crippen molar-refractivity contribution in [2.24, 2.45) is 0 Å². The van der Waals surface area contributed by atoms with E-state index in [1.54, 1.807) is 18.2 Å². The second-order valence-electron chi connectivity index (χ2n) is 4.54. The van der Waals surface area contributed by atoms with Gasteiger partial charge in [-0.25, -0.2) is 4.79 Å². The van der Waals surface area contributed by atoms with Crippen LogP contribution in [0.25, 0.3) is 6.08 Å². The summed E-state index contributed by atoms with van der Waals surface area (Å²) in [6, 6.07) is 7.25. The van der Waals surface area contributed by atoms with Crippen molar-refractivity contribution >= 4 is 51.9 Å². The number of amides is 1. The van der Waals surface area contributed by atoms with Gasteiger partial charge in [-0.2, -0.15) is 0 Å². The molecule has 1 aromatic carbocycles. The number of rotatable bonds is 3. The zero-order chi connectivity index (χ0) is 16.6. The fourth-order valence-corrected chi connectivity index (χ4v) is 3.31. The summed E-state index contributed by atoms with van der Waals surface area (Å²) >= 11 is 6.30. The van der Waals surface area contributed by atoms with Gasteiger partial charge in [0.15, 0.2) is 4.32 Å². The van der Waals surface area contributed by atoms with Crippen LogP contribution in [-0.4, -0.2) is 26.4 Å². The lowest BCUT2D eigenvalue weighted by atomic mass is 10.1. The van der Waals surface area contributed by atoms with Gasteiger partial charge in [-0.05, 0) is 24.3 Å². The minimum absolute atomic E-state index is 0.245. The molecule has 116 valence electrons. The molecule has 1 aliphatic heterocycles. The molecular formula is C15H9NO5S2. The second kappa shape index (κ2) is 5.90. The van der Waals surface area contributed by atoms with Crippen LogP contribution in [-0.2, 0) is 4.79 Å². The van der Waals surface area contributed by atoms with Crippen molar-refractivity contribution in [3.8, 4) is 5.75 Å². The second-order valence-corrected chi connectivity index (χ2v) is 6.21. The molecule has 1 saturated heterocycles. The van der Waals surface area contributed by atoms with Crippen LogP contribution in [0.4, 0.5) is 5.69 Å². The summed E-state index contributed by atoms with van der Waals surface area (Å²) in [5.74, 6) is -1.52. The Labute approximate surface area is 140 Å². The molecule has 0 atom stereocenters. The van der Waals surface area contributed by atoms with Gasteiger partial charge in [-0.15, -0.1) is 0 Å². The highest BCUT2D eigenvalue weighted by Gasteiger charge is 2.34. The number of aromatic hydroxyl groups is 1. The predicted octanol–water partition coefficient (Wildman–Crippen LogP) is 3.09. The number of nitrogens with zero attached hydrogens (tertiary/aromatic N) is 1. The molecule has 2 heterocycles. The highest BCUT2D eigenvalue weighted by molar-refractivity contribution is 8.27. The number of thioether (sulfide) groups is 1. The van der Waals surface area contributed by atoms with Crippen LogP contribution >= 0.6 is 24.0 Å². The van der Waals surface area contributed by atoms with E-state index in [1.165, 1.54) is 29.4 Å². The van der Waals surface area contributed by atoms with Gasteiger partial charge >= 0.3 is 5.97 Å². The number of carbonyl (C=O) groups is 2. The summed E-state index contributed by atoms with van der Waals surface area (Å²) in [6.07, 6.45) is 3.07. The molecule has 23 heavy (non-hydrogen) atoms. The van der Waals surface area contributed by atoms with Gasteiger partial charge in [-0.1, -0.05) is 24.0 Å². The first-order valence-corrected chi connectivity index (χ1v) is 7.57. The van der Waals surface area contributed by atoms with E-state index in [-0.39, 0.29) is 15.8 Å². The zero-order valence-electron chi connectivity index (χ0n) is 11.4. The molecule has 2 N–H and O–H groups in total. The van der Waals surface area contributed by atoms with Gasteiger partial charge in [0.25, 0.3) is 5.91 Å². The van der Waals surface area contributed by atoms with Gasteiger partial charge < -0.3 is 14.6 Å². The molecule has 1 aliphatic rings. The van der Waals surface area contributed by atoms with Gasteiger partial charge in [0.1, 0.15) is 17.1 Å². The predicted molar refractivity (Wildman–Crippen MR) is 89.4 cm³/mol. The summed E-state index contributed by atoms with van der Waals surface area (Å²) in [5.41, 5.74) is 0.0585. The number of carboxylic acid groups (broad SMARTS) is 1. The third kappa shape index (κ3) is 2.86. The number of benzene rings is 1. The molecule has 1 aromatic heterocycles. The van der Waals surface area contributed by atoms with Crippen molar-refractivity contribution in [1.29, 1.82) is 0 Å². The smallest absolute Gasteiger partial charge is 0.339 e. The Morgan fingerprint density at radius 2 is 2.13 bits per heavy atom. The molecule has 1 fully saturated rings. The van der Waals surface area contributed by atoms with Crippen LogP contribution in [0, 0.1) is 0 Å². The molecule has 3 rings (SSSR count). The summed E-state index contributed by atoms with van der Waals surface area (Å²) in [6.45, 7) is 0. The summed E-state index contributed by atoms with van der Waals surface area (Å²) in [5, 5.41) is 18.7. The Morgan fingerprint density at radius 3 is 2.74 bits per heavy atom. The van der Waals surface area contributed by atoms with Gasteiger partial charge in [0.2, 0.25) is 0 Å². The molecule has 0 aliphatic carbocycles. The number of anilines is 1. The van der Waals surface area contributed by atoms with Crippen LogP contribution in [0.3, 0.4) is 0 Å². The van der Waals surface area contributed by atoms with E-state index in [2.05, 4.69) is 0 Å². The van der Waals surface area contributed by atoms with E-state index >= 15 is 0 Å². The molecule has 0 bridgehead atoms. The third-order valence-corrected chi connectivity index (χ3v) is 4.38. The Hall–Kier alpha value is -2.58. The molecule has 0 saturated carbocycles. The standard InChI is InChI=1S/C15H9NO5S2/c17-11-6-8(3-4-10(11)14(19)20)16-13(18)12(23-15(16)22)7-9-2-1-5-21-9/h1-7,17H,(H,19,20)/b12-7-. The molecule has 1 amide bonds. The van der Waals surface area contributed by atoms with E-state index in [0.29, 0.717) is 16.4 Å². The monoisotopic (exact) mass is 347 g/mol. The lowest BCUT2D eigenvalue weighted by Crippen LogP contribution is -2.27. The lowest BCUT2D eigenvalue weighted by molar-refractivity contribution is -0.113. The maximum atomic E-state index is 12.5. The first-order chi connectivity index (χ1) is 11.0. The van der Waals surface area contributed by atoms with Crippen LogP contribution in [0.2, 0.25) is 0 Å². The summed E-state index contributed by atoms with van der Waals surface area (Å²) in [7, 11) is 0. The minimum atomic E-state index is -1.25. The number of aromatic carboxylic acids is 1. The number of thiocarbonyl (C=S) groups is 1. The number of furan rings is 1. The van der Waals surface area contributed by atoms with E-state index in [4.69, 9.17) is 21.7 Å². The zero-order valence-corrected chi connectivity index (χ0v) is 13.1. The first-order valence-electron chi connectivity index (χ1n) is 6.35. The number of hydrogen-bond donors (Lipinski definition) is 2. The minimum Gasteiger partial charge on any atom is -0.507 e. The number of carboxylic acids is 1. The van der Waals surface area contributed by atoms with Crippen molar-refractivity contribution in [3.05, 3.63) is 52.8 Å². The van der Waals surface area contributed by atoms with Gasteiger partial charge in [0.05, 0.1) is 16.9 Å². The number of hydrogen-bond acceptors (Lipinski definition) is 6. The average Bonchev–Trinajstić information content (AvgIpc) is 3.08. The molecule has 0 spiro atoms. The molecule has 2 aromatic rings. The van der Waals surface area contributed by atoms with E-state index in [1.807, 2.05) is 0 Å². The quantitative estimate of drug-likeness (QED) is 0.651. The van der Waals surface area contributed by atoms with Crippen molar-refractivity contribution < 1.29 is 24.2 Å². The molecule has 0 unspecified atom stereocenters.